The fraction of sp³-hybridized carbons (Fsp3) is 0.923. The third kappa shape index (κ3) is 4.46. The van der Waals surface area contributed by atoms with Gasteiger partial charge in [-0.2, -0.15) is 0 Å². The fourth-order valence-electron chi connectivity index (χ4n) is 2.29. The SMILES string of the molecule is COC(CCN)C1CCN(C(=O)OC(C)(C)C)C1. The lowest BCUT2D eigenvalue weighted by molar-refractivity contribution is 0.0230. The van der Waals surface area contributed by atoms with Crippen LogP contribution in [0.15, 0.2) is 0 Å². The van der Waals surface area contributed by atoms with Crippen molar-refractivity contribution in [2.24, 2.45) is 11.7 Å². The number of amides is 1. The van der Waals surface area contributed by atoms with Crippen LogP contribution in [-0.4, -0.2) is 49.4 Å². The number of rotatable bonds is 4. The normalized spacial score (nSPS) is 22.1. The summed E-state index contributed by atoms with van der Waals surface area (Å²) in [6.45, 7) is 7.69. The molecule has 1 saturated heterocycles. The topological polar surface area (TPSA) is 64.8 Å². The highest BCUT2D eigenvalue weighted by Gasteiger charge is 2.33. The van der Waals surface area contributed by atoms with Gasteiger partial charge in [-0.1, -0.05) is 0 Å². The maximum Gasteiger partial charge on any atom is 0.410 e. The van der Waals surface area contributed by atoms with Gasteiger partial charge in [0.05, 0.1) is 6.10 Å². The van der Waals surface area contributed by atoms with Gasteiger partial charge in [-0.15, -0.1) is 0 Å². The zero-order valence-corrected chi connectivity index (χ0v) is 11.9. The summed E-state index contributed by atoms with van der Waals surface area (Å²) >= 11 is 0. The van der Waals surface area contributed by atoms with Crippen molar-refractivity contribution in [3.8, 4) is 0 Å². The minimum absolute atomic E-state index is 0.141. The van der Waals surface area contributed by atoms with Crippen LogP contribution in [-0.2, 0) is 9.47 Å². The molecule has 0 aromatic heterocycles. The van der Waals surface area contributed by atoms with E-state index < -0.39 is 5.60 Å². The molecule has 1 fully saturated rings. The molecule has 5 heteroatoms. The quantitative estimate of drug-likeness (QED) is 0.832. The molecule has 0 aromatic carbocycles. The number of carbonyl (C=O) groups is 1. The van der Waals surface area contributed by atoms with Crippen LogP contribution < -0.4 is 5.73 Å². The average molecular weight is 258 g/mol. The van der Waals surface area contributed by atoms with Gasteiger partial charge in [0.2, 0.25) is 0 Å². The molecule has 0 aliphatic carbocycles. The molecule has 1 amide bonds. The molecule has 2 atom stereocenters. The highest BCUT2D eigenvalue weighted by atomic mass is 16.6. The first-order valence-electron chi connectivity index (χ1n) is 6.58. The van der Waals surface area contributed by atoms with Crippen molar-refractivity contribution in [1.82, 2.24) is 4.90 Å². The van der Waals surface area contributed by atoms with E-state index in [1.807, 2.05) is 20.8 Å². The standard InChI is InChI=1S/C13H26N2O3/c1-13(2,3)18-12(16)15-8-6-10(9-15)11(17-4)5-7-14/h10-11H,5-9,14H2,1-4H3. The molecule has 0 bridgehead atoms. The van der Waals surface area contributed by atoms with Gasteiger partial charge in [0.25, 0.3) is 0 Å². The minimum Gasteiger partial charge on any atom is -0.444 e. The Labute approximate surface area is 110 Å². The Morgan fingerprint density at radius 2 is 2.17 bits per heavy atom. The Morgan fingerprint density at radius 3 is 2.67 bits per heavy atom. The largest absolute Gasteiger partial charge is 0.444 e. The van der Waals surface area contributed by atoms with Gasteiger partial charge in [-0.25, -0.2) is 4.79 Å². The summed E-state index contributed by atoms with van der Waals surface area (Å²) in [6, 6.07) is 0. The van der Waals surface area contributed by atoms with Gasteiger partial charge >= 0.3 is 6.09 Å². The van der Waals surface area contributed by atoms with Gasteiger partial charge in [-0.05, 0) is 40.2 Å². The average Bonchev–Trinajstić information content (AvgIpc) is 2.72. The molecule has 106 valence electrons. The zero-order valence-electron chi connectivity index (χ0n) is 11.9. The summed E-state index contributed by atoms with van der Waals surface area (Å²) in [4.78, 5) is 13.7. The number of ether oxygens (including phenoxy) is 2. The molecule has 2 N–H and O–H groups in total. The maximum absolute atomic E-state index is 11.9. The predicted octanol–water partition coefficient (Wildman–Crippen LogP) is 1.61. The first kappa shape index (κ1) is 15.2. The fourth-order valence-corrected chi connectivity index (χ4v) is 2.29. The molecule has 1 rings (SSSR count). The molecule has 0 aromatic rings. The van der Waals surface area contributed by atoms with E-state index in [0.29, 0.717) is 19.0 Å². The Hall–Kier alpha value is -0.810. The van der Waals surface area contributed by atoms with Crippen molar-refractivity contribution in [1.29, 1.82) is 0 Å². The Balaban J connectivity index is 2.47. The number of hydrogen-bond donors (Lipinski definition) is 1. The number of hydrogen-bond acceptors (Lipinski definition) is 4. The van der Waals surface area contributed by atoms with Gasteiger partial charge in [0.1, 0.15) is 5.60 Å². The lowest BCUT2D eigenvalue weighted by Crippen LogP contribution is -2.36. The molecule has 5 nitrogen and oxygen atoms in total. The maximum atomic E-state index is 11.9. The van der Waals surface area contributed by atoms with E-state index >= 15 is 0 Å². The molecule has 0 saturated carbocycles. The molecule has 0 spiro atoms. The van der Waals surface area contributed by atoms with Crippen molar-refractivity contribution in [2.75, 3.05) is 26.7 Å². The molecule has 1 aliphatic rings. The first-order valence-corrected chi connectivity index (χ1v) is 6.58. The van der Waals surface area contributed by atoms with Crippen LogP contribution in [0.4, 0.5) is 4.79 Å². The Kier molecular flexibility index (Phi) is 5.41. The second-order valence-corrected chi connectivity index (χ2v) is 5.83. The van der Waals surface area contributed by atoms with E-state index in [2.05, 4.69) is 0 Å². The lowest BCUT2D eigenvalue weighted by Gasteiger charge is -2.25. The summed E-state index contributed by atoms with van der Waals surface area (Å²) in [5.41, 5.74) is 5.13. The van der Waals surface area contributed by atoms with Crippen molar-refractivity contribution in [3.05, 3.63) is 0 Å². The van der Waals surface area contributed by atoms with Gasteiger partial charge in [0, 0.05) is 26.1 Å². The zero-order chi connectivity index (χ0) is 13.8. The third-order valence-electron chi connectivity index (χ3n) is 3.16. The number of methoxy groups -OCH3 is 1. The molecular formula is C13H26N2O3. The smallest absolute Gasteiger partial charge is 0.410 e. The summed E-state index contributed by atoms with van der Waals surface area (Å²) in [6.07, 6.45) is 1.70. The lowest BCUT2D eigenvalue weighted by atomic mass is 9.99. The third-order valence-corrected chi connectivity index (χ3v) is 3.16. The van der Waals surface area contributed by atoms with E-state index in [1.54, 1.807) is 12.0 Å². The number of nitrogens with zero attached hydrogens (tertiary/aromatic N) is 1. The summed E-state index contributed by atoms with van der Waals surface area (Å²) in [5.74, 6) is 0.367. The molecule has 0 radical (unpaired) electrons. The summed E-state index contributed by atoms with van der Waals surface area (Å²) in [5, 5.41) is 0. The van der Waals surface area contributed by atoms with E-state index in [4.69, 9.17) is 15.2 Å². The summed E-state index contributed by atoms with van der Waals surface area (Å²) in [7, 11) is 1.70. The monoisotopic (exact) mass is 258 g/mol. The van der Waals surface area contributed by atoms with Gasteiger partial charge in [0.15, 0.2) is 0 Å². The van der Waals surface area contributed by atoms with Crippen LogP contribution in [0.1, 0.15) is 33.6 Å². The Bertz CT molecular complexity index is 276. The summed E-state index contributed by atoms with van der Waals surface area (Å²) < 4.78 is 10.8. The van der Waals surface area contributed by atoms with Crippen molar-refractivity contribution in [2.45, 2.75) is 45.3 Å². The van der Waals surface area contributed by atoms with Crippen LogP contribution in [0.2, 0.25) is 0 Å². The van der Waals surface area contributed by atoms with Crippen molar-refractivity contribution in [3.63, 3.8) is 0 Å². The molecular weight excluding hydrogens is 232 g/mol. The minimum atomic E-state index is -0.437. The number of nitrogens with two attached hydrogens (primary N) is 1. The number of likely N-dealkylation sites (tertiary alicyclic amines) is 1. The second kappa shape index (κ2) is 6.38. The molecule has 2 unspecified atom stereocenters. The second-order valence-electron chi connectivity index (χ2n) is 5.83. The molecule has 1 heterocycles. The highest BCUT2D eigenvalue weighted by molar-refractivity contribution is 5.68. The van der Waals surface area contributed by atoms with Crippen molar-refractivity contribution >= 4 is 6.09 Å². The van der Waals surface area contributed by atoms with Crippen LogP contribution in [0.3, 0.4) is 0 Å². The van der Waals surface area contributed by atoms with Crippen molar-refractivity contribution < 1.29 is 14.3 Å². The molecule has 1 aliphatic heterocycles. The highest BCUT2D eigenvalue weighted by Crippen LogP contribution is 2.24. The molecule has 18 heavy (non-hydrogen) atoms. The number of carbonyl (C=O) groups excluding carboxylic acids is 1. The Morgan fingerprint density at radius 1 is 1.50 bits per heavy atom. The van der Waals surface area contributed by atoms with E-state index in [1.165, 1.54) is 0 Å². The van der Waals surface area contributed by atoms with E-state index in [9.17, 15) is 4.79 Å². The van der Waals surface area contributed by atoms with Crippen LogP contribution in [0.5, 0.6) is 0 Å². The predicted molar refractivity (Wildman–Crippen MR) is 70.4 cm³/mol. The van der Waals surface area contributed by atoms with E-state index in [-0.39, 0.29) is 12.2 Å². The van der Waals surface area contributed by atoms with Crippen LogP contribution in [0, 0.1) is 5.92 Å². The van der Waals surface area contributed by atoms with E-state index in [0.717, 1.165) is 19.4 Å². The van der Waals surface area contributed by atoms with Crippen LogP contribution in [0.25, 0.3) is 0 Å². The van der Waals surface area contributed by atoms with Gasteiger partial charge in [-0.3, -0.25) is 0 Å². The van der Waals surface area contributed by atoms with Gasteiger partial charge < -0.3 is 20.1 Å². The first-order chi connectivity index (χ1) is 8.37. The van der Waals surface area contributed by atoms with Crippen LogP contribution >= 0.6 is 0 Å².